The predicted octanol–water partition coefficient (Wildman–Crippen LogP) is 6.59. The second kappa shape index (κ2) is 5.83. The van der Waals surface area contributed by atoms with E-state index in [1.807, 2.05) is 36.5 Å². The molecule has 0 spiro atoms. The van der Waals surface area contributed by atoms with E-state index in [1.165, 1.54) is 16.3 Å². The van der Waals surface area contributed by atoms with Gasteiger partial charge in [-0.25, -0.2) is 0 Å². The number of hydrogen-bond donors (Lipinski definition) is 0. The predicted molar refractivity (Wildman–Crippen MR) is 114 cm³/mol. The SMILES string of the molecule is c1ccc(-c2ccc(-n3c4ccccc4c4ccc5occc5c43)cn2)cc1. The molecule has 132 valence electrons. The molecule has 0 amide bonds. The molecular formula is C25H16N2O. The first-order chi connectivity index (χ1) is 13.9. The number of rotatable bonds is 2. The fourth-order valence-electron chi connectivity index (χ4n) is 4.07. The molecule has 3 heteroatoms. The summed E-state index contributed by atoms with van der Waals surface area (Å²) in [5, 5.41) is 3.56. The molecule has 0 saturated heterocycles. The highest BCUT2D eigenvalue weighted by atomic mass is 16.3. The second-order valence-corrected chi connectivity index (χ2v) is 6.91. The lowest BCUT2D eigenvalue weighted by Gasteiger charge is -2.09. The van der Waals surface area contributed by atoms with E-state index in [1.54, 1.807) is 6.26 Å². The molecule has 3 heterocycles. The van der Waals surface area contributed by atoms with Crippen LogP contribution in [0.5, 0.6) is 0 Å². The van der Waals surface area contributed by atoms with Crippen molar-refractivity contribution in [1.82, 2.24) is 9.55 Å². The van der Waals surface area contributed by atoms with Crippen molar-refractivity contribution in [1.29, 1.82) is 0 Å². The third-order valence-electron chi connectivity index (χ3n) is 5.34. The molecule has 0 bridgehead atoms. The Morgan fingerprint density at radius 2 is 1.54 bits per heavy atom. The van der Waals surface area contributed by atoms with Gasteiger partial charge in [-0.15, -0.1) is 0 Å². The minimum Gasteiger partial charge on any atom is -0.464 e. The summed E-state index contributed by atoms with van der Waals surface area (Å²) in [5.74, 6) is 0. The van der Waals surface area contributed by atoms with Crippen molar-refractivity contribution in [3.8, 4) is 16.9 Å². The summed E-state index contributed by atoms with van der Waals surface area (Å²) < 4.78 is 7.94. The zero-order valence-corrected chi connectivity index (χ0v) is 15.0. The Labute approximate surface area is 161 Å². The molecule has 3 aromatic heterocycles. The molecule has 6 rings (SSSR count). The van der Waals surface area contributed by atoms with Gasteiger partial charge in [0.05, 0.1) is 34.9 Å². The van der Waals surface area contributed by atoms with Crippen LogP contribution >= 0.6 is 0 Å². The standard InChI is InChI=1S/C25H16N2O/c1-2-6-17(7-3-1)22-12-10-18(16-26-22)27-23-9-5-4-8-19(23)20-11-13-24-21(25(20)27)14-15-28-24/h1-16H. The molecule has 0 aliphatic heterocycles. The maximum atomic E-state index is 5.66. The van der Waals surface area contributed by atoms with Crippen molar-refractivity contribution in [2.45, 2.75) is 0 Å². The molecule has 3 aromatic carbocycles. The van der Waals surface area contributed by atoms with Crippen LogP contribution < -0.4 is 0 Å². The summed E-state index contributed by atoms with van der Waals surface area (Å²) in [5.41, 5.74) is 6.35. The number of nitrogens with zero attached hydrogens (tertiary/aromatic N) is 2. The summed E-state index contributed by atoms with van der Waals surface area (Å²) in [7, 11) is 0. The second-order valence-electron chi connectivity index (χ2n) is 6.91. The molecule has 0 aliphatic rings. The highest BCUT2D eigenvalue weighted by molar-refractivity contribution is 6.17. The summed E-state index contributed by atoms with van der Waals surface area (Å²) in [4.78, 5) is 4.74. The van der Waals surface area contributed by atoms with Gasteiger partial charge in [-0.1, -0.05) is 48.5 Å². The molecule has 0 saturated carbocycles. The van der Waals surface area contributed by atoms with Crippen LogP contribution in [0, 0.1) is 0 Å². The summed E-state index contributed by atoms with van der Waals surface area (Å²) >= 11 is 0. The molecular weight excluding hydrogens is 344 g/mol. The molecule has 0 N–H and O–H groups in total. The number of furan rings is 1. The summed E-state index contributed by atoms with van der Waals surface area (Å²) in [6.07, 6.45) is 3.70. The normalized spacial score (nSPS) is 11.6. The molecule has 3 nitrogen and oxygen atoms in total. The van der Waals surface area contributed by atoms with Gasteiger partial charge in [0.2, 0.25) is 0 Å². The first kappa shape index (κ1) is 15.2. The van der Waals surface area contributed by atoms with E-state index >= 15 is 0 Å². The minimum atomic E-state index is 0.894. The maximum absolute atomic E-state index is 5.66. The van der Waals surface area contributed by atoms with Gasteiger partial charge in [0.15, 0.2) is 0 Å². The summed E-state index contributed by atoms with van der Waals surface area (Å²) in [6.45, 7) is 0. The Bertz CT molecular complexity index is 1440. The van der Waals surface area contributed by atoms with Crippen LogP contribution in [-0.2, 0) is 0 Å². The smallest absolute Gasteiger partial charge is 0.136 e. The number of para-hydroxylation sites is 1. The number of aromatic nitrogens is 2. The fraction of sp³-hybridized carbons (Fsp3) is 0. The van der Waals surface area contributed by atoms with Crippen molar-refractivity contribution in [3.63, 3.8) is 0 Å². The van der Waals surface area contributed by atoms with E-state index in [2.05, 4.69) is 59.2 Å². The average Bonchev–Trinajstić information content (AvgIpc) is 3.37. The van der Waals surface area contributed by atoms with Crippen LogP contribution in [0.15, 0.2) is 102 Å². The van der Waals surface area contributed by atoms with Gasteiger partial charge in [-0.2, -0.15) is 0 Å². The Morgan fingerprint density at radius 3 is 2.39 bits per heavy atom. The Balaban J connectivity index is 1.66. The lowest BCUT2D eigenvalue weighted by molar-refractivity contribution is 0.616. The zero-order chi connectivity index (χ0) is 18.5. The topological polar surface area (TPSA) is 31.0 Å². The molecule has 0 radical (unpaired) electrons. The Hall–Kier alpha value is -3.85. The van der Waals surface area contributed by atoms with Gasteiger partial charge in [0.25, 0.3) is 0 Å². The van der Waals surface area contributed by atoms with Gasteiger partial charge in [-0.05, 0) is 36.4 Å². The molecule has 0 atom stereocenters. The van der Waals surface area contributed by atoms with Crippen LogP contribution in [0.4, 0.5) is 0 Å². The van der Waals surface area contributed by atoms with Crippen molar-refractivity contribution in [3.05, 3.63) is 97.4 Å². The number of hydrogen-bond acceptors (Lipinski definition) is 2. The largest absolute Gasteiger partial charge is 0.464 e. The van der Waals surface area contributed by atoms with Gasteiger partial charge in [0, 0.05) is 21.7 Å². The highest BCUT2D eigenvalue weighted by Crippen LogP contribution is 2.36. The van der Waals surface area contributed by atoms with Crippen LogP contribution in [0.2, 0.25) is 0 Å². The van der Waals surface area contributed by atoms with Gasteiger partial charge >= 0.3 is 0 Å². The number of pyridine rings is 1. The van der Waals surface area contributed by atoms with E-state index in [0.29, 0.717) is 0 Å². The highest BCUT2D eigenvalue weighted by Gasteiger charge is 2.16. The summed E-state index contributed by atoms with van der Waals surface area (Å²) in [6, 6.07) is 29.2. The molecule has 6 aromatic rings. The van der Waals surface area contributed by atoms with Crippen molar-refractivity contribution in [2.24, 2.45) is 0 Å². The molecule has 0 aliphatic carbocycles. The Kier molecular flexibility index (Phi) is 3.17. The van der Waals surface area contributed by atoms with E-state index in [9.17, 15) is 0 Å². The van der Waals surface area contributed by atoms with Crippen molar-refractivity contribution >= 4 is 32.8 Å². The van der Waals surface area contributed by atoms with Crippen LogP contribution in [0.3, 0.4) is 0 Å². The first-order valence-corrected chi connectivity index (χ1v) is 9.31. The van der Waals surface area contributed by atoms with Crippen LogP contribution in [-0.4, -0.2) is 9.55 Å². The van der Waals surface area contributed by atoms with E-state index < -0.39 is 0 Å². The number of fused-ring (bicyclic) bond motifs is 5. The van der Waals surface area contributed by atoms with E-state index in [-0.39, 0.29) is 0 Å². The van der Waals surface area contributed by atoms with Crippen LogP contribution in [0.1, 0.15) is 0 Å². The van der Waals surface area contributed by atoms with Gasteiger partial charge in [0.1, 0.15) is 5.58 Å². The minimum absolute atomic E-state index is 0.894. The fourth-order valence-corrected chi connectivity index (χ4v) is 4.07. The monoisotopic (exact) mass is 360 g/mol. The molecule has 28 heavy (non-hydrogen) atoms. The first-order valence-electron chi connectivity index (χ1n) is 9.31. The lowest BCUT2D eigenvalue weighted by atomic mass is 10.1. The maximum Gasteiger partial charge on any atom is 0.136 e. The van der Waals surface area contributed by atoms with Crippen LogP contribution in [0.25, 0.3) is 49.7 Å². The quantitative estimate of drug-likeness (QED) is 0.349. The van der Waals surface area contributed by atoms with E-state index in [0.717, 1.165) is 33.4 Å². The van der Waals surface area contributed by atoms with Crippen molar-refractivity contribution in [2.75, 3.05) is 0 Å². The third kappa shape index (κ3) is 2.13. The van der Waals surface area contributed by atoms with Gasteiger partial charge < -0.3 is 8.98 Å². The average molecular weight is 360 g/mol. The van der Waals surface area contributed by atoms with Crippen molar-refractivity contribution < 1.29 is 4.42 Å². The molecule has 0 fully saturated rings. The molecule has 0 unspecified atom stereocenters. The van der Waals surface area contributed by atoms with Gasteiger partial charge in [-0.3, -0.25) is 4.98 Å². The number of benzene rings is 3. The Morgan fingerprint density at radius 1 is 0.679 bits per heavy atom. The lowest BCUT2D eigenvalue weighted by Crippen LogP contribution is -1.95. The third-order valence-corrected chi connectivity index (χ3v) is 5.34. The zero-order valence-electron chi connectivity index (χ0n) is 15.0. The van der Waals surface area contributed by atoms with E-state index in [4.69, 9.17) is 9.40 Å².